The van der Waals surface area contributed by atoms with Gasteiger partial charge in [0.2, 0.25) is 0 Å². The molecule has 1 aromatic heterocycles. The molecule has 1 saturated heterocycles. The minimum absolute atomic E-state index is 0.163. The zero-order valence-electron chi connectivity index (χ0n) is 14.5. The second kappa shape index (κ2) is 7.63. The van der Waals surface area contributed by atoms with Crippen molar-refractivity contribution >= 4 is 11.7 Å². The van der Waals surface area contributed by atoms with Crippen molar-refractivity contribution in [3.8, 4) is 11.1 Å². The number of nitrogens with zero attached hydrogens (tertiary/aromatic N) is 2. The largest absolute Gasteiger partial charge is 0.383 e. The van der Waals surface area contributed by atoms with E-state index in [9.17, 15) is 4.79 Å². The summed E-state index contributed by atoms with van der Waals surface area (Å²) in [5.74, 6) is -0.400. The summed E-state index contributed by atoms with van der Waals surface area (Å²) in [5, 5.41) is 3.64. The number of nitrogens with one attached hydrogen (secondary N) is 1. The molecule has 1 amide bonds. The maximum absolute atomic E-state index is 11.5. The summed E-state index contributed by atoms with van der Waals surface area (Å²) >= 11 is 0. The number of amides is 1. The number of hydrogen-bond acceptors (Lipinski definition) is 5. The number of primary amides is 1. The topological polar surface area (TPSA) is 97.3 Å². The van der Waals surface area contributed by atoms with Crippen LogP contribution in [-0.4, -0.2) is 42.0 Å². The van der Waals surface area contributed by atoms with Gasteiger partial charge < -0.3 is 21.7 Å². The van der Waals surface area contributed by atoms with E-state index in [0.29, 0.717) is 6.04 Å². The Morgan fingerprint density at radius 2 is 2.04 bits per heavy atom. The monoisotopic (exact) mass is 339 g/mol. The summed E-state index contributed by atoms with van der Waals surface area (Å²) in [5.41, 5.74) is 14.4. The van der Waals surface area contributed by atoms with Gasteiger partial charge in [-0.3, -0.25) is 4.79 Å². The molecule has 1 aliphatic heterocycles. The zero-order chi connectivity index (χ0) is 17.8. The third kappa shape index (κ3) is 4.35. The lowest BCUT2D eigenvalue weighted by Gasteiger charge is -2.29. The Balaban J connectivity index is 1.71. The summed E-state index contributed by atoms with van der Waals surface area (Å²) in [6.45, 7) is 3.11. The van der Waals surface area contributed by atoms with E-state index in [1.54, 1.807) is 12.3 Å². The molecule has 3 rings (SSSR count). The molecule has 0 radical (unpaired) electrons. The van der Waals surface area contributed by atoms with Crippen LogP contribution in [0.3, 0.4) is 0 Å². The first-order valence-corrected chi connectivity index (χ1v) is 8.59. The van der Waals surface area contributed by atoms with Crippen molar-refractivity contribution in [2.45, 2.75) is 25.4 Å². The summed E-state index contributed by atoms with van der Waals surface area (Å²) in [4.78, 5) is 17.9. The maximum Gasteiger partial charge on any atom is 0.252 e. The highest BCUT2D eigenvalue weighted by molar-refractivity contribution is 5.98. The minimum atomic E-state index is -0.563. The molecule has 0 aliphatic carbocycles. The molecule has 2 heterocycles. The highest BCUT2D eigenvalue weighted by atomic mass is 16.1. The van der Waals surface area contributed by atoms with Crippen LogP contribution in [0, 0.1) is 0 Å². The van der Waals surface area contributed by atoms with Crippen LogP contribution < -0.4 is 16.8 Å². The molecule has 1 fully saturated rings. The van der Waals surface area contributed by atoms with Crippen LogP contribution in [0.15, 0.2) is 36.5 Å². The Kier molecular flexibility index (Phi) is 5.31. The first kappa shape index (κ1) is 17.4. The van der Waals surface area contributed by atoms with E-state index in [4.69, 9.17) is 11.5 Å². The van der Waals surface area contributed by atoms with Gasteiger partial charge in [0.05, 0.1) is 5.56 Å². The molecule has 0 bridgehead atoms. The van der Waals surface area contributed by atoms with E-state index < -0.39 is 5.91 Å². The molecule has 6 heteroatoms. The van der Waals surface area contributed by atoms with Gasteiger partial charge in [-0.2, -0.15) is 0 Å². The van der Waals surface area contributed by atoms with Gasteiger partial charge in [-0.25, -0.2) is 4.98 Å². The number of nitrogen functional groups attached to an aromatic ring is 1. The van der Waals surface area contributed by atoms with Crippen molar-refractivity contribution < 1.29 is 4.79 Å². The fraction of sp³-hybridized carbons (Fsp3) is 0.368. The fourth-order valence-corrected chi connectivity index (χ4v) is 3.17. The van der Waals surface area contributed by atoms with E-state index >= 15 is 0 Å². The minimum Gasteiger partial charge on any atom is -0.383 e. The van der Waals surface area contributed by atoms with Gasteiger partial charge in [-0.15, -0.1) is 0 Å². The van der Waals surface area contributed by atoms with Gasteiger partial charge in [-0.1, -0.05) is 18.2 Å². The molecule has 0 saturated carbocycles. The van der Waals surface area contributed by atoms with Crippen LogP contribution in [0.2, 0.25) is 0 Å². The Morgan fingerprint density at radius 3 is 2.76 bits per heavy atom. The molecular weight excluding hydrogens is 314 g/mol. The normalized spacial score (nSPS) is 16.0. The van der Waals surface area contributed by atoms with Crippen molar-refractivity contribution in [1.82, 2.24) is 15.2 Å². The SMILES string of the molecule is CN1CCC(NCc2cccc(-c3cnc(N)c(C(N)=O)c3)c2)CC1. The van der Waals surface area contributed by atoms with Crippen LogP contribution in [0.4, 0.5) is 5.82 Å². The van der Waals surface area contributed by atoms with Crippen LogP contribution in [0.25, 0.3) is 11.1 Å². The Morgan fingerprint density at radius 1 is 1.28 bits per heavy atom. The van der Waals surface area contributed by atoms with E-state index in [0.717, 1.165) is 30.8 Å². The molecule has 1 aliphatic rings. The van der Waals surface area contributed by atoms with Crippen molar-refractivity contribution in [1.29, 1.82) is 0 Å². The van der Waals surface area contributed by atoms with Crippen LogP contribution in [-0.2, 0) is 6.54 Å². The quantitative estimate of drug-likeness (QED) is 0.769. The number of benzene rings is 1. The van der Waals surface area contributed by atoms with E-state index in [2.05, 4.69) is 34.4 Å². The molecular formula is C19H25N5O. The average molecular weight is 339 g/mol. The van der Waals surface area contributed by atoms with Gasteiger partial charge >= 0.3 is 0 Å². The Hall–Kier alpha value is -2.44. The number of carbonyl (C=O) groups is 1. The number of nitrogens with two attached hydrogens (primary N) is 2. The lowest BCUT2D eigenvalue weighted by Crippen LogP contribution is -2.40. The summed E-state index contributed by atoms with van der Waals surface area (Å²) in [7, 11) is 2.17. The van der Waals surface area contributed by atoms with Crippen molar-refractivity contribution in [2.24, 2.45) is 5.73 Å². The van der Waals surface area contributed by atoms with Crippen LogP contribution >= 0.6 is 0 Å². The molecule has 5 N–H and O–H groups in total. The number of aromatic nitrogens is 1. The summed E-state index contributed by atoms with van der Waals surface area (Å²) in [6.07, 6.45) is 4.03. The molecule has 6 nitrogen and oxygen atoms in total. The van der Waals surface area contributed by atoms with Crippen molar-refractivity contribution in [3.63, 3.8) is 0 Å². The summed E-state index contributed by atoms with van der Waals surface area (Å²) < 4.78 is 0. The Labute approximate surface area is 148 Å². The predicted molar refractivity (Wildman–Crippen MR) is 100.0 cm³/mol. The fourth-order valence-electron chi connectivity index (χ4n) is 3.17. The maximum atomic E-state index is 11.5. The van der Waals surface area contributed by atoms with Crippen LogP contribution in [0.5, 0.6) is 0 Å². The molecule has 132 valence electrons. The molecule has 0 spiro atoms. The Bertz CT molecular complexity index is 753. The number of pyridine rings is 1. The van der Waals surface area contributed by atoms with E-state index in [1.807, 2.05) is 12.1 Å². The first-order valence-electron chi connectivity index (χ1n) is 8.59. The standard InChI is InChI=1S/C19H25N5O/c1-24-7-5-16(6-8-24)22-11-13-3-2-4-14(9-13)15-10-17(19(21)25)18(20)23-12-15/h2-4,9-10,12,16,22H,5-8,11H2,1H3,(H2,20,23)(H2,21,25). The smallest absolute Gasteiger partial charge is 0.252 e. The lowest BCUT2D eigenvalue weighted by atomic mass is 10.0. The highest BCUT2D eigenvalue weighted by Crippen LogP contribution is 2.23. The van der Waals surface area contributed by atoms with E-state index in [-0.39, 0.29) is 11.4 Å². The molecule has 2 aromatic rings. The predicted octanol–water partition coefficient (Wildman–Crippen LogP) is 1.61. The average Bonchev–Trinajstić information content (AvgIpc) is 2.61. The van der Waals surface area contributed by atoms with Gasteiger partial charge in [-0.05, 0) is 56.2 Å². The third-order valence-corrected chi connectivity index (χ3v) is 4.76. The first-order chi connectivity index (χ1) is 12.0. The zero-order valence-corrected chi connectivity index (χ0v) is 14.5. The molecule has 1 aromatic carbocycles. The van der Waals surface area contributed by atoms with Crippen molar-refractivity contribution in [3.05, 3.63) is 47.7 Å². The lowest BCUT2D eigenvalue weighted by molar-refractivity contribution is 0.100. The third-order valence-electron chi connectivity index (χ3n) is 4.76. The second-order valence-electron chi connectivity index (χ2n) is 6.68. The van der Waals surface area contributed by atoms with Gasteiger partial charge in [0, 0.05) is 24.3 Å². The van der Waals surface area contributed by atoms with Crippen LogP contribution in [0.1, 0.15) is 28.8 Å². The highest BCUT2D eigenvalue weighted by Gasteiger charge is 2.16. The number of carbonyl (C=O) groups excluding carboxylic acids is 1. The molecule has 0 atom stereocenters. The molecule has 25 heavy (non-hydrogen) atoms. The van der Waals surface area contributed by atoms with Gasteiger partial charge in [0.25, 0.3) is 5.91 Å². The van der Waals surface area contributed by atoms with Gasteiger partial charge in [0.15, 0.2) is 0 Å². The summed E-state index contributed by atoms with van der Waals surface area (Å²) in [6, 6.07) is 10.5. The number of piperidine rings is 1. The second-order valence-corrected chi connectivity index (χ2v) is 6.68. The van der Waals surface area contributed by atoms with Crippen molar-refractivity contribution in [2.75, 3.05) is 25.9 Å². The molecule has 0 unspecified atom stereocenters. The number of likely N-dealkylation sites (tertiary alicyclic amines) is 1. The van der Waals surface area contributed by atoms with Gasteiger partial charge in [0.1, 0.15) is 5.82 Å². The number of rotatable bonds is 5. The number of hydrogen-bond donors (Lipinski definition) is 3. The number of anilines is 1. The van der Waals surface area contributed by atoms with E-state index in [1.165, 1.54) is 18.4 Å².